The van der Waals surface area contributed by atoms with E-state index in [0.717, 1.165) is 16.5 Å². The third-order valence-corrected chi connectivity index (χ3v) is 5.18. The largest absolute Gasteiger partial charge is 0.480 e. The van der Waals surface area contributed by atoms with Crippen LogP contribution in [0.4, 0.5) is 0 Å². The number of aromatic amines is 1. The average molecular weight is 466 g/mol. The van der Waals surface area contributed by atoms with Crippen LogP contribution in [-0.2, 0) is 25.6 Å². The first-order chi connectivity index (χ1) is 15.2. The minimum Gasteiger partial charge on any atom is -0.480 e. The maximum atomic E-state index is 12.9. The SMILES string of the molecule is CC(NC(=O)C(Cc1c[nH]c2ccccc12)NC(=O)C(N)CO)C(=O)NC(CS)C(=O)O. The molecule has 4 atom stereocenters. The molecule has 0 saturated heterocycles. The number of para-hydroxylation sites is 1. The Bertz CT molecular complexity index is 980. The van der Waals surface area contributed by atoms with Crippen LogP contribution < -0.4 is 21.7 Å². The Morgan fingerprint density at radius 3 is 2.34 bits per heavy atom. The van der Waals surface area contributed by atoms with Crippen LogP contribution in [0.1, 0.15) is 12.5 Å². The summed E-state index contributed by atoms with van der Waals surface area (Å²) in [6, 6.07) is 2.78. The molecule has 1 aromatic heterocycles. The molecular weight excluding hydrogens is 438 g/mol. The Balaban J connectivity index is 2.17. The predicted octanol–water partition coefficient (Wildman–Crippen LogP) is -1.48. The van der Waals surface area contributed by atoms with Gasteiger partial charge in [-0.05, 0) is 18.6 Å². The summed E-state index contributed by atoms with van der Waals surface area (Å²) in [5.74, 6) is -3.50. The van der Waals surface area contributed by atoms with Gasteiger partial charge in [0.1, 0.15) is 24.2 Å². The number of H-pyrrole nitrogens is 1. The van der Waals surface area contributed by atoms with Crippen molar-refractivity contribution in [2.45, 2.75) is 37.5 Å². The number of benzene rings is 1. The number of aliphatic hydroxyl groups is 1. The fourth-order valence-electron chi connectivity index (χ4n) is 2.95. The van der Waals surface area contributed by atoms with Gasteiger partial charge in [0.25, 0.3) is 0 Å². The molecule has 8 N–H and O–H groups in total. The van der Waals surface area contributed by atoms with Crippen molar-refractivity contribution in [2.75, 3.05) is 12.4 Å². The summed E-state index contributed by atoms with van der Waals surface area (Å²) in [7, 11) is 0. The molecule has 0 spiro atoms. The van der Waals surface area contributed by atoms with Crippen molar-refractivity contribution in [1.82, 2.24) is 20.9 Å². The van der Waals surface area contributed by atoms with E-state index in [-0.39, 0.29) is 12.2 Å². The van der Waals surface area contributed by atoms with E-state index in [1.807, 2.05) is 24.3 Å². The number of hydrogen-bond acceptors (Lipinski definition) is 7. The smallest absolute Gasteiger partial charge is 0.327 e. The lowest BCUT2D eigenvalue weighted by atomic mass is 10.0. The zero-order chi connectivity index (χ0) is 23.8. The van der Waals surface area contributed by atoms with E-state index in [1.54, 1.807) is 6.20 Å². The van der Waals surface area contributed by atoms with Gasteiger partial charge in [-0.25, -0.2) is 4.79 Å². The van der Waals surface area contributed by atoms with Gasteiger partial charge in [-0.2, -0.15) is 12.6 Å². The maximum absolute atomic E-state index is 12.9. The number of thiol groups is 1. The average Bonchev–Trinajstić information content (AvgIpc) is 3.18. The van der Waals surface area contributed by atoms with Crippen molar-refractivity contribution in [3.05, 3.63) is 36.0 Å². The lowest BCUT2D eigenvalue weighted by Crippen LogP contribution is -2.57. The lowest BCUT2D eigenvalue weighted by molar-refractivity contribution is -0.141. The summed E-state index contributed by atoms with van der Waals surface area (Å²) in [4.78, 5) is 51.6. The van der Waals surface area contributed by atoms with Gasteiger partial charge in [0.15, 0.2) is 0 Å². The summed E-state index contributed by atoms with van der Waals surface area (Å²) in [5, 5.41) is 26.3. The molecule has 0 bridgehead atoms. The van der Waals surface area contributed by atoms with E-state index in [9.17, 15) is 19.2 Å². The minimum atomic E-state index is -1.26. The van der Waals surface area contributed by atoms with Crippen molar-refractivity contribution in [1.29, 1.82) is 0 Å². The molecule has 3 amide bonds. The van der Waals surface area contributed by atoms with Crippen molar-refractivity contribution < 1.29 is 29.4 Å². The topological polar surface area (TPSA) is 187 Å². The molecule has 0 radical (unpaired) electrons. The summed E-state index contributed by atoms with van der Waals surface area (Å²) in [6.45, 7) is 0.779. The number of carbonyl (C=O) groups excluding carboxylic acids is 3. The highest BCUT2D eigenvalue weighted by Gasteiger charge is 2.28. The van der Waals surface area contributed by atoms with E-state index < -0.39 is 54.5 Å². The normalized spacial score (nSPS) is 14.8. The molecule has 4 unspecified atom stereocenters. The van der Waals surface area contributed by atoms with Crippen LogP contribution in [0.15, 0.2) is 30.5 Å². The zero-order valence-electron chi connectivity index (χ0n) is 17.4. The fraction of sp³-hybridized carbons (Fsp3) is 0.400. The molecule has 11 nitrogen and oxygen atoms in total. The van der Waals surface area contributed by atoms with Crippen LogP contribution in [0.25, 0.3) is 10.9 Å². The maximum Gasteiger partial charge on any atom is 0.327 e. The number of carboxylic acids is 1. The van der Waals surface area contributed by atoms with E-state index in [2.05, 4.69) is 33.6 Å². The van der Waals surface area contributed by atoms with Crippen molar-refractivity contribution >= 4 is 47.2 Å². The van der Waals surface area contributed by atoms with Gasteiger partial charge in [-0.3, -0.25) is 14.4 Å². The van der Waals surface area contributed by atoms with Gasteiger partial charge in [-0.1, -0.05) is 18.2 Å². The molecule has 2 rings (SSSR count). The Morgan fingerprint density at radius 2 is 1.72 bits per heavy atom. The number of aliphatic hydroxyl groups excluding tert-OH is 1. The molecular formula is C20H27N5O6S. The number of hydrogen-bond donors (Lipinski definition) is 8. The van der Waals surface area contributed by atoms with Crippen LogP contribution in [0.5, 0.6) is 0 Å². The number of amides is 3. The van der Waals surface area contributed by atoms with Crippen molar-refractivity contribution in [3.63, 3.8) is 0 Å². The zero-order valence-corrected chi connectivity index (χ0v) is 18.3. The van der Waals surface area contributed by atoms with Gasteiger partial charge < -0.3 is 36.9 Å². The summed E-state index contributed by atoms with van der Waals surface area (Å²) in [6.07, 6.45) is 1.80. The first-order valence-electron chi connectivity index (χ1n) is 9.84. The molecule has 12 heteroatoms. The number of fused-ring (bicyclic) bond motifs is 1. The van der Waals surface area contributed by atoms with Crippen LogP contribution in [-0.4, -0.2) is 75.4 Å². The second-order valence-electron chi connectivity index (χ2n) is 7.23. The van der Waals surface area contributed by atoms with Crippen molar-refractivity contribution in [3.8, 4) is 0 Å². The molecule has 0 fully saturated rings. The van der Waals surface area contributed by atoms with Crippen LogP contribution in [0, 0.1) is 0 Å². The second kappa shape index (κ2) is 11.5. The molecule has 1 heterocycles. The number of carboxylic acid groups (broad SMARTS) is 1. The van der Waals surface area contributed by atoms with E-state index in [1.165, 1.54) is 6.92 Å². The van der Waals surface area contributed by atoms with Gasteiger partial charge in [0, 0.05) is 29.3 Å². The third kappa shape index (κ3) is 6.45. The van der Waals surface area contributed by atoms with Gasteiger partial charge in [-0.15, -0.1) is 0 Å². The molecule has 0 aliphatic rings. The number of rotatable bonds is 11. The summed E-state index contributed by atoms with van der Waals surface area (Å²) < 4.78 is 0. The molecule has 2 aromatic rings. The molecule has 0 aliphatic carbocycles. The molecule has 174 valence electrons. The Hall–Kier alpha value is -3.09. The first-order valence-corrected chi connectivity index (χ1v) is 10.5. The fourth-order valence-corrected chi connectivity index (χ4v) is 3.20. The quantitative estimate of drug-likeness (QED) is 0.186. The van der Waals surface area contributed by atoms with E-state index >= 15 is 0 Å². The second-order valence-corrected chi connectivity index (χ2v) is 7.59. The van der Waals surface area contributed by atoms with E-state index in [4.69, 9.17) is 15.9 Å². The molecule has 0 saturated carbocycles. The van der Waals surface area contributed by atoms with Crippen LogP contribution in [0.3, 0.4) is 0 Å². The lowest BCUT2D eigenvalue weighted by Gasteiger charge is -2.23. The van der Waals surface area contributed by atoms with Gasteiger partial charge >= 0.3 is 5.97 Å². The monoisotopic (exact) mass is 465 g/mol. The molecule has 0 aliphatic heterocycles. The highest BCUT2D eigenvalue weighted by atomic mass is 32.1. The number of aromatic nitrogens is 1. The number of nitrogens with one attached hydrogen (secondary N) is 4. The highest BCUT2D eigenvalue weighted by Crippen LogP contribution is 2.19. The number of aliphatic carboxylic acids is 1. The summed E-state index contributed by atoms with van der Waals surface area (Å²) in [5.41, 5.74) is 7.14. The highest BCUT2D eigenvalue weighted by molar-refractivity contribution is 7.80. The first kappa shape index (κ1) is 25.2. The minimum absolute atomic E-state index is 0.0858. The Labute approximate surface area is 189 Å². The van der Waals surface area contributed by atoms with Crippen LogP contribution in [0.2, 0.25) is 0 Å². The van der Waals surface area contributed by atoms with E-state index in [0.29, 0.717) is 0 Å². The molecule has 1 aromatic carbocycles. The predicted molar refractivity (Wildman–Crippen MR) is 120 cm³/mol. The van der Waals surface area contributed by atoms with Crippen molar-refractivity contribution in [2.24, 2.45) is 5.73 Å². The number of nitrogens with two attached hydrogens (primary N) is 1. The van der Waals surface area contributed by atoms with Crippen LogP contribution >= 0.6 is 12.6 Å². The van der Waals surface area contributed by atoms with Gasteiger partial charge in [0.2, 0.25) is 17.7 Å². The Morgan fingerprint density at radius 1 is 1.06 bits per heavy atom. The van der Waals surface area contributed by atoms with Gasteiger partial charge in [0.05, 0.1) is 6.61 Å². The third-order valence-electron chi connectivity index (χ3n) is 4.81. The standard InChI is InChI=1S/C20H27N5O6S/c1-10(17(27)25-16(9-32)20(30)31)23-19(29)15(24-18(28)13(21)8-26)6-11-7-22-14-5-3-2-4-12(11)14/h2-5,7,10,13,15-16,22,26,32H,6,8-9,21H2,1H3,(H,23,29)(H,24,28)(H,25,27)(H,30,31). The molecule has 32 heavy (non-hydrogen) atoms. The summed E-state index contributed by atoms with van der Waals surface area (Å²) >= 11 is 3.88. The number of carbonyl (C=O) groups is 4. The Kier molecular flexibility index (Phi) is 9.05.